The molecular weight excluding hydrogens is 440 g/mol. The van der Waals surface area contributed by atoms with Gasteiger partial charge in [-0.25, -0.2) is 23.4 Å². The van der Waals surface area contributed by atoms with Gasteiger partial charge in [-0.3, -0.25) is 9.36 Å². The average Bonchev–Trinajstić information content (AvgIpc) is 3.49. The van der Waals surface area contributed by atoms with Crippen molar-refractivity contribution in [2.45, 2.75) is 43.3 Å². The van der Waals surface area contributed by atoms with E-state index in [1.165, 1.54) is 22.7 Å². The largest absolute Gasteiger partial charge is 0.384 e. The summed E-state index contributed by atoms with van der Waals surface area (Å²) in [6, 6.07) is 1.78. The van der Waals surface area contributed by atoms with Gasteiger partial charge in [-0.05, 0) is 31.6 Å². The summed E-state index contributed by atoms with van der Waals surface area (Å²) >= 11 is 1.38. The Bertz CT molecular complexity index is 1250. The standard InChI is InChI=1S/C19H24N6O4S2/c1-29-8-6-14-10-15-11-20-19(30-2)22-17(15)24(18(14)26)7-3-9-31(27,28)25-12-21-16(23-25)13-4-5-13/h10-13H,3-9H2,1-2H3. The number of aryl methyl sites for hydroxylation is 1. The normalized spacial score (nSPS) is 14.4. The summed E-state index contributed by atoms with van der Waals surface area (Å²) < 4.78 is 32.9. The highest BCUT2D eigenvalue weighted by atomic mass is 32.2. The van der Waals surface area contributed by atoms with Gasteiger partial charge >= 0.3 is 0 Å². The van der Waals surface area contributed by atoms with Crippen molar-refractivity contribution < 1.29 is 13.2 Å². The molecule has 0 saturated heterocycles. The molecule has 10 nitrogen and oxygen atoms in total. The van der Waals surface area contributed by atoms with E-state index in [9.17, 15) is 13.2 Å². The molecule has 0 aromatic carbocycles. The molecule has 12 heteroatoms. The van der Waals surface area contributed by atoms with Crippen LogP contribution in [-0.4, -0.2) is 62.8 Å². The Morgan fingerprint density at radius 2 is 2.10 bits per heavy atom. The number of nitrogens with zero attached hydrogens (tertiary/aromatic N) is 6. The Hall–Kier alpha value is -2.31. The lowest BCUT2D eigenvalue weighted by atomic mass is 10.1. The van der Waals surface area contributed by atoms with Crippen LogP contribution in [0.1, 0.15) is 36.6 Å². The fourth-order valence-corrected chi connectivity index (χ4v) is 4.74. The summed E-state index contributed by atoms with van der Waals surface area (Å²) in [5, 5.41) is 5.40. The molecular formula is C19H24N6O4S2. The van der Waals surface area contributed by atoms with Crippen molar-refractivity contribution in [1.29, 1.82) is 0 Å². The van der Waals surface area contributed by atoms with E-state index < -0.39 is 10.0 Å². The van der Waals surface area contributed by atoms with Gasteiger partial charge in [-0.2, -0.15) is 0 Å². The topological polar surface area (TPSA) is 122 Å². The van der Waals surface area contributed by atoms with E-state index in [1.807, 2.05) is 6.26 Å². The highest BCUT2D eigenvalue weighted by molar-refractivity contribution is 7.98. The van der Waals surface area contributed by atoms with Gasteiger partial charge in [0.25, 0.3) is 15.6 Å². The first-order valence-electron chi connectivity index (χ1n) is 10.00. The quantitative estimate of drug-likeness (QED) is 0.324. The molecule has 31 heavy (non-hydrogen) atoms. The lowest BCUT2D eigenvalue weighted by Crippen LogP contribution is -2.27. The molecule has 0 spiro atoms. The second-order valence-corrected chi connectivity index (χ2v) is 10.1. The maximum Gasteiger partial charge on any atom is 0.255 e. The molecule has 0 atom stereocenters. The van der Waals surface area contributed by atoms with Gasteiger partial charge in [-0.1, -0.05) is 11.8 Å². The number of hydrogen-bond donors (Lipinski definition) is 0. The number of ether oxygens (including phenoxy) is 1. The molecule has 1 aliphatic carbocycles. The molecule has 3 aromatic heterocycles. The number of methoxy groups -OCH3 is 1. The van der Waals surface area contributed by atoms with Crippen LogP contribution in [0.3, 0.4) is 0 Å². The van der Waals surface area contributed by atoms with Crippen LogP contribution < -0.4 is 5.56 Å². The highest BCUT2D eigenvalue weighted by Gasteiger charge is 2.29. The number of pyridine rings is 1. The van der Waals surface area contributed by atoms with Crippen molar-refractivity contribution in [3.63, 3.8) is 0 Å². The molecule has 1 fully saturated rings. The molecule has 3 heterocycles. The van der Waals surface area contributed by atoms with E-state index in [1.54, 1.807) is 19.4 Å². The predicted molar refractivity (Wildman–Crippen MR) is 117 cm³/mol. The molecule has 0 unspecified atom stereocenters. The average molecular weight is 465 g/mol. The Morgan fingerprint density at radius 3 is 2.81 bits per heavy atom. The minimum absolute atomic E-state index is 0.156. The van der Waals surface area contributed by atoms with Crippen LogP contribution in [0.4, 0.5) is 0 Å². The summed E-state index contributed by atoms with van der Waals surface area (Å²) in [7, 11) is -2.07. The van der Waals surface area contributed by atoms with Crippen molar-refractivity contribution in [2.24, 2.45) is 0 Å². The zero-order valence-corrected chi connectivity index (χ0v) is 19.0. The molecule has 166 valence electrons. The Labute approximate surface area is 184 Å². The van der Waals surface area contributed by atoms with Gasteiger partial charge in [0.05, 0.1) is 12.4 Å². The summed E-state index contributed by atoms with van der Waals surface area (Å²) in [4.78, 5) is 25.9. The van der Waals surface area contributed by atoms with Crippen molar-refractivity contribution in [3.05, 3.63) is 40.3 Å². The summed E-state index contributed by atoms with van der Waals surface area (Å²) in [6.07, 6.45) is 7.49. The van der Waals surface area contributed by atoms with Crippen molar-refractivity contribution in [2.75, 3.05) is 25.7 Å². The first-order valence-corrected chi connectivity index (χ1v) is 12.8. The second kappa shape index (κ2) is 9.05. The van der Waals surface area contributed by atoms with E-state index >= 15 is 0 Å². The van der Waals surface area contributed by atoms with Crippen LogP contribution >= 0.6 is 11.8 Å². The number of aromatic nitrogens is 6. The van der Waals surface area contributed by atoms with Gasteiger partial charge in [-0.15, -0.1) is 9.19 Å². The first kappa shape index (κ1) is 21.9. The number of fused-ring (bicyclic) bond motifs is 1. The molecule has 0 aliphatic heterocycles. The van der Waals surface area contributed by atoms with E-state index in [-0.39, 0.29) is 30.2 Å². The maximum atomic E-state index is 13.1. The molecule has 1 saturated carbocycles. The van der Waals surface area contributed by atoms with E-state index in [0.29, 0.717) is 35.2 Å². The lowest BCUT2D eigenvalue weighted by Gasteiger charge is -2.13. The minimum atomic E-state index is -3.65. The van der Waals surface area contributed by atoms with Crippen molar-refractivity contribution >= 4 is 32.8 Å². The van der Waals surface area contributed by atoms with Gasteiger partial charge < -0.3 is 4.74 Å². The third-order valence-electron chi connectivity index (χ3n) is 5.14. The van der Waals surface area contributed by atoms with Crippen LogP contribution in [-0.2, 0) is 27.7 Å². The van der Waals surface area contributed by atoms with E-state index in [2.05, 4.69) is 20.1 Å². The minimum Gasteiger partial charge on any atom is -0.384 e. The van der Waals surface area contributed by atoms with Crippen LogP contribution in [0.2, 0.25) is 0 Å². The Kier molecular flexibility index (Phi) is 6.39. The summed E-state index contributed by atoms with van der Waals surface area (Å²) in [5.41, 5.74) is 0.896. The maximum absolute atomic E-state index is 13.1. The first-order chi connectivity index (χ1) is 14.9. The fraction of sp³-hybridized carbons (Fsp3) is 0.526. The van der Waals surface area contributed by atoms with Crippen LogP contribution in [0, 0.1) is 0 Å². The molecule has 0 N–H and O–H groups in total. The third-order valence-corrected chi connectivity index (χ3v) is 7.25. The Balaban J connectivity index is 1.58. The highest BCUT2D eigenvalue weighted by Crippen LogP contribution is 2.37. The predicted octanol–water partition coefficient (Wildman–Crippen LogP) is 1.44. The smallest absolute Gasteiger partial charge is 0.255 e. The zero-order valence-electron chi connectivity index (χ0n) is 17.4. The Morgan fingerprint density at radius 1 is 1.29 bits per heavy atom. The molecule has 0 bridgehead atoms. The summed E-state index contributed by atoms with van der Waals surface area (Å²) in [5.74, 6) is 0.705. The van der Waals surface area contributed by atoms with Gasteiger partial charge in [0.15, 0.2) is 11.0 Å². The molecule has 1 aliphatic rings. The van der Waals surface area contributed by atoms with Gasteiger partial charge in [0.1, 0.15) is 12.0 Å². The van der Waals surface area contributed by atoms with Crippen LogP contribution in [0.5, 0.6) is 0 Å². The fourth-order valence-electron chi connectivity index (χ4n) is 3.32. The van der Waals surface area contributed by atoms with Crippen LogP contribution in [0.25, 0.3) is 11.0 Å². The van der Waals surface area contributed by atoms with Crippen molar-refractivity contribution in [3.8, 4) is 0 Å². The third kappa shape index (κ3) is 4.80. The number of rotatable bonds is 10. The SMILES string of the molecule is COCCc1cc2cnc(SC)nc2n(CCCS(=O)(=O)n2cnc(C3CC3)n2)c1=O. The molecule has 4 rings (SSSR count). The lowest BCUT2D eigenvalue weighted by molar-refractivity contribution is 0.202. The number of hydrogen-bond acceptors (Lipinski definition) is 9. The molecule has 0 radical (unpaired) electrons. The van der Waals surface area contributed by atoms with Crippen LogP contribution in [0.15, 0.2) is 28.5 Å². The van der Waals surface area contributed by atoms with Crippen molar-refractivity contribution in [1.82, 2.24) is 28.7 Å². The summed E-state index contributed by atoms with van der Waals surface area (Å²) in [6.45, 7) is 0.624. The zero-order chi connectivity index (χ0) is 22.0. The van der Waals surface area contributed by atoms with E-state index in [0.717, 1.165) is 22.3 Å². The second-order valence-electron chi connectivity index (χ2n) is 7.42. The van der Waals surface area contributed by atoms with Gasteiger partial charge in [0.2, 0.25) is 0 Å². The van der Waals surface area contributed by atoms with E-state index in [4.69, 9.17) is 4.74 Å². The molecule has 0 amide bonds. The van der Waals surface area contributed by atoms with Gasteiger partial charge in [0, 0.05) is 43.1 Å². The molecule has 3 aromatic rings. The number of thioether (sulfide) groups is 1. The monoisotopic (exact) mass is 464 g/mol.